The van der Waals surface area contributed by atoms with E-state index in [1.165, 1.54) is 12.1 Å². The SMILES string of the molecule is Fc1ccc2cc(C3CCCCCC3)[s+](C(F)(F)F)c2c1.[Br-]. The van der Waals surface area contributed by atoms with E-state index in [-0.39, 0.29) is 27.6 Å². The van der Waals surface area contributed by atoms with Crippen molar-refractivity contribution in [2.45, 2.75) is 50.0 Å². The highest BCUT2D eigenvalue weighted by Gasteiger charge is 2.49. The molecule has 0 radical (unpaired) electrons. The molecule has 0 bridgehead atoms. The van der Waals surface area contributed by atoms with Gasteiger partial charge in [0.2, 0.25) is 0 Å². The number of halogens is 5. The quantitative estimate of drug-likeness (QED) is 0.392. The van der Waals surface area contributed by atoms with Crippen molar-refractivity contribution in [1.82, 2.24) is 0 Å². The van der Waals surface area contributed by atoms with Gasteiger partial charge >= 0.3 is 5.51 Å². The lowest BCUT2D eigenvalue weighted by atomic mass is 9.98. The standard InChI is InChI=1S/C16H17F4S.BrH/c17-13-8-7-12-9-14(11-5-3-1-2-4-6-11)21(15(12)10-13)16(18,19)20;/h7-11H,1-6H2;1H/q+1;/p-1. The van der Waals surface area contributed by atoms with Crippen molar-refractivity contribution in [3.63, 3.8) is 0 Å². The third-order valence-electron chi connectivity index (χ3n) is 4.22. The molecule has 1 aliphatic carbocycles. The molecular formula is C16H17BrF4S. The van der Waals surface area contributed by atoms with Crippen LogP contribution in [0.5, 0.6) is 0 Å². The van der Waals surface area contributed by atoms with Crippen LogP contribution >= 0.6 is 10.5 Å². The first kappa shape index (κ1) is 17.7. The van der Waals surface area contributed by atoms with Crippen LogP contribution in [0.4, 0.5) is 17.6 Å². The summed E-state index contributed by atoms with van der Waals surface area (Å²) >= 11 is 0. The van der Waals surface area contributed by atoms with E-state index in [1.807, 2.05) is 0 Å². The zero-order valence-electron chi connectivity index (χ0n) is 11.9. The average molecular weight is 397 g/mol. The van der Waals surface area contributed by atoms with E-state index in [4.69, 9.17) is 0 Å². The lowest BCUT2D eigenvalue weighted by Crippen LogP contribution is -3.00. The number of fused-ring (bicyclic) bond motifs is 1. The van der Waals surface area contributed by atoms with E-state index < -0.39 is 21.8 Å². The Morgan fingerprint density at radius 1 is 0.955 bits per heavy atom. The van der Waals surface area contributed by atoms with Crippen LogP contribution in [-0.2, 0) is 5.51 Å². The minimum atomic E-state index is -4.32. The molecule has 3 rings (SSSR count). The molecule has 1 heterocycles. The molecular weight excluding hydrogens is 380 g/mol. The molecule has 1 unspecified atom stereocenters. The molecule has 1 aromatic heterocycles. The van der Waals surface area contributed by atoms with Crippen LogP contribution < -0.4 is 17.0 Å². The Balaban J connectivity index is 0.00000176. The van der Waals surface area contributed by atoms with E-state index >= 15 is 0 Å². The van der Waals surface area contributed by atoms with Gasteiger partial charge in [-0.05, 0) is 25.0 Å². The molecule has 0 N–H and O–H groups in total. The van der Waals surface area contributed by atoms with Crippen LogP contribution in [0.1, 0.15) is 49.3 Å². The van der Waals surface area contributed by atoms with Crippen molar-refractivity contribution < 1.29 is 34.5 Å². The highest BCUT2D eigenvalue weighted by molar-refractivity contribution is 7.38. The molecule has 1 aromatic carbocycles. The summed E-state index contributed by atoms with van der Waals surface area (Å²) in [6, 6.07) is 5.44. The topological polar surface area (TPSA) is 0 Å². The first-order valence-corrected chi connectivity index (χ1v) is 8.51. The normalized spacial score (nSPS) is 18.1. The van der Waals surface area contributed by atoms with Gasteiger partial charge in [-0.2, -0.15) is 0 Å². The third-order valence-corrected chi connectivity index (χ3v) is 6.40. The Labute approximate surface area is 140 Å². The molecule has 0 amide bonds. The fourth-order valence-corrected chi connectivity index (χ4v) is 5.43. The van der Waals surface area contributed by atoms with Crippen molar-refractivity contribution in [2.24, 2.45) is 0 Å². The maximum absolute atomic E-state index is 13.5. The molecule has 1 fully saturated rings. The van der Waals surface area contributed by atoms with E-state index in [2.05, 4.69) is 0 Å². The van der Waals surface area contributed by atoms with Crippen molar-refractivity contribution in [3.05, 3.63) is 35.0 Å². The van der Waals surface area contributed by atoms with E-state index in [0.717, 1.165) is 44.6 Å². The Bertz CT molecular complexity index is 639. The summed E-state index contributed by atoms with van der Waals surface area (Å²) in [5.41, 5.74) is -4.32. The minimum Gasteiger partial charge on any atom is -1.00 e. The first-order valence-electron chi connectivity index (χ1n) is 7.29. The van der Waals surface area contributed by atoms with Gasteiger partial charge in [-0.25, -0.2) is 4.39 Å². The van der Waals surface area contributed by atoms with Crippen LogP contribution in [0, 0.1) is 5.82 Å². The first-order chi connectivity index (χ1) is 9.97. The van der Waals surface area contributed by atoms with Crippen molar-refractivity contribution >= 4 is 20.6 Å². The number of rotatable bonds is 1. The summed E-state index contributed by atoms with van der Waals surface area (Å²) in [4.78, 5) is 0.477. The van der Waals surface area contributed by atoms with Crippen LogP contribution in [0.3, 0.4) is 0 Å². The number of thiophene rings is 1. The van der Waals surface area contributed by atoms with Crippen LogP contribution in [0.2, 0.25) is 0 Å². The van der Waals surface area contributed by atoms with Crippen LogP contribution in [-0.4, -0.2) is 0 Å². The van der Waals surface area contributed by atoms with E-state index in [0.29, 0.717) is 10.3 Å². The predicted molar refractivity (Wildman–Crippen MR) is 78.1 cm³/mol. The Kier molecular flexibility index (Phi) is 5.54. The summed E-state index contributed by atoms with van der Waals surface area (Å²) in [7, 11) is -1.95. The molecule has 2 aromatic rings. The van der Waals surface area contributed by atoms with Crippen molar-refractivity contribution in [1.29, 1.82) is 0 Å². The lowest BCUT2D eigenvalue weighted by Gasteiger charge is -2.10. The molecule has 0 nitrogen and oxygen atoms in total. The highest BCUT2D eigenvalue weighted by Crippen LogP contribution is 2.54. The van der Waals surface area contributed by atoms with Crippen molar-refractivity contribution in [2.75, 3.05) is 0 Å². The zero-order valence-corrected chi connectivity index (χ0v) is 14.3. The van der Waals surface area contributed by atoms with Gasteiger partial charge in [0, 0.05) is 23.4 Å². The fraction of sp³-hybridized carbons (Fsp3) is 0.500. The molecule has 22 heavy (non-hydrogen) atoms. The smallest absolute Gasteiger partial charge is 0.600 e. The number of hydrogen-bond donors (Lipinski definition) is 0. The van der Waals surface area contributed by atoms with Gasteiger partial charge in [0.15, 0.2) is 9.58 Å². The molecule has 6 heteroatoms. The lowest BCUT2D eigenvalue weighted by molar-refractivity contribution is -0.0868. The van der Waals surface area contributed by atoms with Crippen LogP contribution in [0.25, 0.3) is 10.1 Å². The number of hydrogen-bond acceptors (Lipinski definition) is 0. The van der Waals surface area contributed by atoms with Gasteiger partial charge in [0.05, 0.1) is 10.5 Å². The van der Waals surface area contributed by atoms with Gasteiger partial charge in [0.25, 0.3) is 0 Å². The Morgan fingerprint density at radius 2 is 1.59 bits per heavy atom. The second-order valence-corrected chi connectivity index (χ2v) is 7.66. The molecule has 122 valence electrons. The second-order valence-electron chi connectivity index (χ2n) is 5.67. The minimum absolute atomic E-state index is 0. The monoisotopic (exact) mass is 396 g/mol. The molecule has 1 saturated carbocycles. The average Bonchev–Trinajstić information content (AvgIpc) is 2.59. The summed E-state index contributed by atoms with van der Waals surface area (Å²) < 4.78 is 54.1. The molecule has 1 atom stereocenters. The number of benzene rings is 1. The maximum Gasteiger partial charge on any atom is 0.600 e. The Morgan fingerprint density at radius 3 is 2.18 bits per heavy atom. The Hall–Kier alpha value is -0.620. The molecule has 0 spiro atoms. The van der Waals surface area contributed by atoms with Gasteiger partial charge in [-0.15, -0.1) is 13.2 Å². The van der Waals surface area contributed by atoms with Gasteiger partial charge in [-0.1, -0.05) is 25.7 Å². The van der Waals surface area contributed by atoms with E-state index in [1.54, 1.807) is 6.07 Å². The summed E-state index contributed by atoms with van der Waals surface area (Å²) in [5.74, 6) is -0.598. The van der Waals surface area contributed by atoms with Gasteiger partial charge in [0.1, 0.15) is 5.82 Å². The maximum atomic E-state index is 13.5. The molecule has 1 aliphatic rings. The van der Waals surface area contributed by atoms with Crippen molar-refractivity contribution in [3.8, 4) is 0 Å². The van der Waals surface area contributed by atoms with E-state index in [9.17, 15) is 17.6 Å². The van der Waals surface area contributed by atoms with Gasteiger partial charge < -0.3 is 17.0 Å². The largest absolute Gasteiger partial charge is 1.00 e. The second kappa shape index (κ2) is 6.87. The fourth-order valence-electron chi connectivity index (χ4n) is 3.25. The third kappa shape index (κ3) is 3.48. The van der Waals surface area contributed by atoms with Crippen LogP contribution in [0.15, 0.2) is 24.3 Å². The predicted octanol–water partition coefficient (Wildman–Crippen LogP) is 3.65. The number of alkyl halides is 3. The molecule has 0 aliphatic heterocycles. The summed E-state index contributed by atoms with van der Waals surface area (Å²) in [6.07, 6.45) is 5.82. The zero-order chi connectivity index (χ0) is 15.0. The summed E-state index contributed by atoms with van der Waals surface area (Å²) in [6.45, 7) is 0. The van der Waals surface area contributed by atoms with Gasteiger partial charge in [-0.3, -0.25) is 0 Å². The summed E-state index contributed by atoms with van der Waals surface area (Å²) in [5, 5.41) is 0.538. The molecule has 0 saturated heterocycles. The highest BCUT2D eigenvalue weighted by atomic mass is 79.9.